The van der Waals surface area contributed by atoms with Gasteiger partial charge in [-0.2, -0.15) is 0 Å². The molecule has 2 nitrogen and oxygen atoms in total. The zero-order valence-electron chi connectivity index (χ0n) is 11.0. The third-order valence-electron chi connectivity index (χ3n) is 3.11. The zero-order valence-corrected chi connectivity index (χ0v) is 13.3. The molecular weight excluding hydrogens is 343 g/mol. The molecule has 0 saturated heterocycles. The molecule has 0 heterocycles. The van der Waals surface area contributed by atoms with Crippen molar-refractivity contribution in [3.05, 3.63) is 68.4 Å². The molecule has 0 aliphatic carbocycles. The van der Waals surface area contributed by atoms with Crippen molar-refractivity contribution >= 4 is 27.5 Å². The number of rotatable bonds is 4. The van der Waals surface area contributed by atoms with E-state index in [4.69, 9.17) is 17.4 Å². The van der Waals surface area contributed by atoms with Gasteiger partial charge >= 0.3 is 0 Å². The molecule has 0 radical (unpaired) electrons. The summed E-state index contributed by atoms with van der Waals surface area (Å²) in [5, 5.41) is 0.414. The van der Waals surface area contributed by atoms with Gasteiger partial charge < -0.3 is 0 Å². The van der Waals surface area contributed by atoms with E-state index < -0.39 is 0 Å². The second kappa shape index (κ2) is 6.68. The highest BCUT2D eigenvalue weighted by Crippen LogP contribution is 2.26. The van der Waals surface area contributed by atoms with Crippen molar-refractivity contribution in [2.45, 2.75) is 19.4 Å². The van der Waals surface area contributed by atoms with E-state index in [1.165, 1.54) is 12.1 Å². The maximum absolute atomic E-state index is 13.1. The predicted octanol–water partition coefficient (Wildman–Crippen LogP) is 4.30. The smallest absolute Gasteiger partial charge is 0.124 e. The lowest BCUT2D eigenvalue weighted by molar-refractivity contribution is 0.550. The van der Waals surface area contributed by atoms with Crippen molar-refractivity contribution in [2.24, 2.45) is 5.84 Å². The molecule has 5 heteroatoms. The van der Waals surface area contributed by atoms with Gasteiger partial charge in [-0.15, -0.1) is 0 Å². The monoisotopic (exact) mass is 356 g/mol. The summed E-state index contributed by atoms with van der Waals surface area (Å²) >= 11 is 9.54. The van der Waals surface area contributed by atoms with Gasteiger partial charge in [-0.3, -0.25) is 11.3 Å². The molecule has 3 N–H and O–H groups in total. The second-order valence-electron chi connectivity index (χ2n) is 4.72. The number of hydrogen-bond donors (Lipinski definition) is 2. The number of aryl methyl sites for hydroxylation is 1. The fraction of sp³-hybridized carbons (Fsp3) is 0.200. The number of hydrogen-bond acceptors (Lipinski definition) is 2. The molecule has 0 amide bonds. The number of hydrazine groups is 1. The number of halogens is 3. The van der Waals surface area contributed by atoms with E-state index in [1.807, 2.05) is 19.1 Å². The molecule has 1 atom stereocenters. The lowest BCUT2D eigenvalue weighted by Crippen LogP contribution is -2.29. The van der Waals surface area contributed by atoms with Crippen LogP contribution in [0.25, 0.3) is 0 Å². The molecule has 20 heavy (non-hydrogen) atoms. The van der Waals surface area contributed by atoms with Crippen molar-refractivity contribution in [1.82, 2.24) is 5.43 Å². The van der Waals surface area contributed by atoms with Crippen LogP contribution < -0.4 is 11.3 Å². The van der Waals surface area contributed by atoms with Crippen LogP contribution in [0.4, 0.5) is 4.39 Å². The maximum Gasteiger partial charge on any atom is 0.124 e. The summed E-state index contributed by atoms with van der Waals surface area (Å²) in [6.07, 6.45) is 0.589. The quantitative estimate of drug-likeness (QED) is 0.632. The van der Waals surface area contributed by atoms with E-state index in [9.17, 15) is 4.39 Å². The molecule has 0 bridgehead atoms. The van der Waals surface area contributed by atoms with E-state index in [-0.39, 0.29) is 11.9 Å². The highest BCUT2D eigenvalue weighted by atomic mass is 79.9. The Kier molecular flexibility index (Phi) is 5.16. The van der Waals surface area contributed by atoms with Crippen LogP contribution in [0.2, 0.25) is 5.02 Å². The fourth-order valence-electron chi connectivity index (χ4n) is 2.15. The minimum absolute atomic E-state index is 0.0887. The Balaban J connectivity index is 2.28. The van der Waals surface area contributed by atoms with E-state index in [2.05, 4.69) is 27.4 Å². The molecule has 0 fully saturated rings. The van der Waals surface area contributed by atoms with Gasteiger partial charge in [0.05, 0.1) is 6.04 Å². The average Bonchev–Trinajstić information content (AvgIpc) is 2.36. The fourth-order valence-corrected chi connectivity index (χ4v) is 3.02. The van der Waals surface area contributed by atoms with Gasteiger partial charge in [-0.1, -0.05) is 39.7 Å². The third-order valence-corrected chi connectivity index (χ3v) is 3.92. The molecule has 0 saturated carbocycles. The van der Waals surface area contributed by atoms with Crippen molar-refractivity contribution in [3.8, 4) is 0 Å². The molecule has 2 rings (SSSR count). The SMILES string of the molecule is Cc1cc(Br)cc(C(Cc2ccc(F)cc2Cl)NN)c1. The normalized spacial score (nSPS) is 12.4. The molecule has 1 unspecified atom stereocenters. The van der Waals surface area contributed by atoms with Gasteiger partial charge in [-0.05, 0) is 54.3 Å². The molecular formula is C15H15BrClFN2. The van der Waals surface area contributed by atoms with Gasteiger partial charge in [0.2, 0.25) is 0 Å². The van der Waals surface area contributed by atoms with E-state index in [0.29, 0.717) is 11.4 Å². The first kappa shape index (κ1) is 15.4. The summed E-state index contributed by atoms with van der Waals surface area (Å²) in [4.78, 5) is 0. The molecule has 0 aliphatic heterocycles. The van der Waals surface area contributed by atoms with Crippen molar-refractivity contribution in [3.63, 3.8) is 0 Å². The van der Waals surface area contributed by atoms with Crippen LogP contribution in [0.15, 0.2) is 40.9 Å². The van der Waals surface area contributed by atoms with Crippen LogP contribution in [0.3, 0.4) is 0 Å². The number of nitrogens with one attached hydrogen (secondary N) is 1. The van der Waals surface area contributed by atoms with Crippen LogP contribution in [0.5, 0.6) is 0 Å². The van der Waals surface area contributed by atoms with E-state index in [0.717, 1.165) is 21.2 Å². The Labute approximate surface area is 131 Å². The predicted molar refractivity (Wildman–Crippen MR) is 84.1 cm³/mol. The van der Waals surface area contributed by atoms with Crippen LogP contribution >= 0.6 is 27.5 Å². The summed E-state index contributed by atoms with van der Waals surface area (Å²) in [6.45, 7) is 2.02. The van der Waals surface area contributed by atoms with Crippen molar-refractivity contribution in [2.75, 3.05) is 0 Å². The van der Waals surface area contributed by atoms with Crippen LogP contribution in [-0.4, -0.2) is 0 Å². The minimum atomic E-state index is -0.339. The molecule has 2 aromatic carbocycles. The lowest BCUT2D eigenvalue weighted by Gasteiger charge is -2.18. The Morgan fingerprint density at radius 2 is 2.05 bits per heavy atom. The zero-order chi connectivity index (χ0) is 14.7. The summed E-state index contributed by atoms with van der Waals surface area (Å²) in [7, 11) is 0. The Morgan fingerprint density at radius 3 is 2.65 bits per heavy atom. The Morgan fingerprint density at radius 1 is 1.30 bits per heavy atom. The van der Waals surface area contributed by atoms with Gasteiger partial charge in [-0.25, -0.2) is 4.39 Å². The van der Waals surface area contributed by atoms with Crippen LogP contribution in [-0.2, 0) is 6.42 Å². The van der Waals surface area contributed by atoms with Crippen molar-refractivity contribution in [1.29, 1.82) is 0 Å². The summed E-state index contributed by atoms with van der Waals surface area (Å²) in [6, 6.07) is 10.4. The van der Waals surface area contributed by atoms with Gasteiger partial charge in [0, 0.05) is 9.50 Å². The first-order chi connectivity index (χ1) is 9.49. The van der Waals surface area contributed by atoms with E-state index in [1.54, 1.807) is 6.07 Å². The summed E-state index contributed by atoms with van der Waals surface area (Å²) in [5.74, 6) is 5.31. The highest BCUT2D eigenvalue weighted by Gasteiger charge is 2.14. The molecule has 0 aromatic heterocycles. The van der Waals surface area contributed by atoms with Gasteiger partial charge in [0.1, 0.15) is 5.82 Å². The Bertz CT molecular complexity index is 599. The Hall–Kier alpha value is -0.940. The van der Waals surface area contributed by atoms with Crippen LogP contribution in [0.1, 0.15) is 22.7 Å². The third kappa shape index (κ3) is 3.79. The standard InChI is InChI=1S/C15H15BrClFN2/c1-9-4-11(6-12(16)5-9)15(20-19)7-10-2-3-13(18)8-14(10)17/h2-6,8,15,20H,7,19H2,1H3. The largest absolute Gasteiger partial charge is 0.271 e. The first-order valence-electron chi connectivity index (χ1n) is 6.16. The number of benzene rings is 2. The highest BCUT2D eigenvalue weighted by molar-refractivity contribution is 9.10. The van der Waals surface area contributed by atoms with Crippen LogP contribution in [0, 0.1) is 12.7 Å². The van der Waals surface area contributed by atoms with E-state index >= 15 is 0 Å². The number of nitrogens with two attached hydrogens (primary N) is 1. The first-order valence-corrected chi connectivity index (χ1v) is 7.34. The minimum Gasteiger partial charge on any atom is -0.271 e. The second-order valence-corrected chi connectivity index (χ2v) is 6.04. The van der Waals surface area contributed by atoms with Gasteiger partial charge in [0.15, 0.2) is 0 Å². The molecule has 0 spiro atoms. The lowest BCUT2D eigenvalue weighted by atomic mass is 9.98. The maximum atomic E-state index is 13.1. The molecule has 0 aliphatic rings. The summed E-state index contributed by atoms with van der Waals surface area (Å²) < 4.78 is 14.1. The topological polar surface area (TPSA) is 38.0 Å². The molecule has 2 aromatic rings. The molecule has 106 valence electrons. The van der Waals surface area contributed by atoms with Crippen molar-refractivity contribution < 1.29 is 4.39 Å². The average molecular weight is 358 g/mol. The van der Waals surface area contributed by atoms with Gasteiger partial charge in [0.25, 0.3) is 0 Å². The summed E-state index contributed by atoms with van der Waals surface area (Å²) in [5.41, 5.74) is 5.84.